The van der Waals surface area contributed by atoms with Gasteiger partial charge in [0.05, 0.1) is 5.70 Å². The molecule has 2 aromatic rings. The molecule has 0 aliphatic carbocycles. The molecule has 2 aromatic heterocycles. The molecule has 148 valence electrons. The molecule has 6 nitrogen and oxygen atoms in total. The summed E-state index contributed by atoms with van der Waals surface area (Å²) in [7, 11) is 2.00. The number of anilines is 1. The van der Waals surface area contributed by atoms with Crippen molar-refractivity contribution in [3.8, 4) is 0 Å². The van der Waals surface area contributed by atoms with Gasteiger partial charge in [-0.25, -0.2) is 9.67 Å². The van der Waals surface area contributed by atoms with Gasteiger partial charge in [-0.3, -0.25) is 4.99 Å². The van der Waals surface area contributed by atoms with Gasteiger partial charge in [-0.15, -0.1) is 0 Å². The third-order valence-corrected chi connectivity index (χ3v) is 6.38. The van der Waals surface area contributed by atoms with Crippen LogP contribution >= 0.6 is 0 Å². The SMILES string of the molecule is Cn1nc(C2=CCC(C3CCCNC3)=N2)c2ccc(N3CCCCCC3)nc21. The molecule has 1 N–H and O–H groups in total. The molecular formula is C22H30N6. The Hall–Kier alpha value is -2.21. The minimum atomic E-state index is 0.574. The summed E-state index contributed by atoms with van der Waals surface area (Å²) >= 11 is 0. The van der Waals surface area contributed by atoms with E-state index in [1.54, 1.807) is 0 Å². The summed E-state index contributed by atoms with van der Waals surface area (Å²) in [6.07, 6.45) is 10.9. The molecule has 6 heteroatoms. The summed E-state index contributed by atoms with van der Waals surface area (Å²) in [4.78, 5) is 12.4. The van der Waals surface area contributed by atoms with E-state index < -0.39 is 0 Å². The maximum absolute atomic E-state index is 4.99. The van der Waals surface area contributed by atoms with E-state index in [0.717, 1.165) is 60.8 Å². The first kappa shape index (κ1) is 17.9. The van der Waals surface area contributed by atoms with Crippen LogP contribution in [0.5, 0.6) is 0 Å². The van der Waals surface area contributed by atoms with Gasteiger partial charge in [0.25, 0.3) is 0 Å². The van der Waals surface area contributed by atoms with Crippen molar-refractivity contribution in [2.24, 2.45) is 18.0 Å². The molecule has 0 amide bonds. The first-order chi connectivity index (χ1) is 13.8. The minimum Gasteiger partial charge on any atom is -0.357 e. The quantitative estimate of drug-likeness (QED) is 0.888. The zero-order chi connectivity index (χ0) is 18.9. The molecule has 2 fully saturated rings. The van der Waals surface area contributed by atoms with Crippen LogP contribution in [0, 0.1) is 5.92 Å². The van der Waals surface area contributed by atoms with Crippen molar-refractivity contribution in [3.63, 3.8) is 0 Å². The number of fused-ring (bicyclic) bond motifs is 1. The molecule has 0 radical (unpaired) electrons. The second-order valence-electron chi connectivity index (χ2n) is 8.35. The summed E-state index contributed by atoms with van der Waals surface area (Å²) in [5, 5.41) is 9.41. The number of aryl methyl sites for hydroxylation is 1. The number of nitrogens with one attached hydrogen (secondary N) is 1. The summed E-state index contributed by atoms with van der Waals surface area (Å²) in [6.45, 7) is 4.42. The van der Waals surface area contributed by atoms with Crippen LogP contribution < -0.4 is 10.2 Å². The summed E-state index contributed by atoms with van der Waals surface area (Å²) in [6, 6.07) is 4.37. The van der Waals surface area contributed by atoms with E-state index in [1.165, 1.54) is 44.2 Å². The van der Waals surface area contributed by atoms with E-state index in [0.29, 0.717) is 5.92 Å². The van der Waals surface area contributed by atoms with E-state index in [-0.39, 0.29) is 0 Å². The summed E-state index contributed by atoms with van der Waals surface area (Å²) in [5.41, 5.74) is 4.28. The molecule has 3 aliphatic rings. The number of hydrogen-bond donors (Lipinski definition) is 1. The highest BCUT2D eigenvalue weighted by atomic mass is 15.3. The van der Waals surface area contributed by atoms with E-state index >= 15 is 0 Å². The number of piperidine rings is 1. The largest absolute Gasteiger partial charge is 0.357 e. The van der Waals surface area contributed by atoms with Gasteiger partial charge in [0.2, 0.25) is 0 Å². The number of nitrogens with zero attached hydrogens (tertiary/aromatic N) is 5. The fourth-order valence-electron chi connectivity index (χ4n) is 4.78. The highest BCUT2D eigenvalue weighted by Gasteiger charge is 2.24. The average molecular weight is 379 g/mol. The third kappa shape index (κ3) is 3.34. The second kappa shape index (κ2) is 7.66. The van der Waals surface area contributed by atoms with Gasteiger partial charge in [-0.1, -0.05) is 18.9 Å². The van der Waals surface area contributed by atoms with Crippen molar-refractivity contribution in [2.75, 3.05) is 31.1 Å². The molecule has 0 spiro atoms. The van der Waals surface area contributed by atoms with Crippen LogP contribution in [0.2, 0.25) is 0 Å². The standard InChI is InChI=1S/C22H30N6/c1-27-22-17(8-11-20(25-22)28-13-4-2-3-5-14-28)21(26-27)19-10-9-18(24-19)16-7-6-12-23-15-16/h8,10-11,16,23H,2-7,9,12-15H2,1H3. The Morgan fingerprint density at radius 1 is 1.07 bits per heavy atom. The van der Waals surface area contributed by atoms with Gasteiger partial charge in [-0.05, 0) is 44.4 Å². The van der Waals surface area contributed by atoms with Crippen molar-refractivity contribution in [1.29, 1.82) is 0 Å². The van der Waals surface area contributed by atoms with Crippen molar-refractivity contribution < 1.29 is 0 Å². The Balaban J connectivity index is 1.43. The maximum atomic E-state index is 4.99. The Labute approximate surface area is 166 Å². The van der Waals surface area contributed by atoms with Crippen LogP contribution in [0.4, 0.5) is 5.82 Å². The molecule has 3 aliphatic heterocycles. The highest BCUT2D eigenvalue weighted by molar-refractivity contribution is 6.00. The Kier molecular flexibility index (Phi) is 4.89. The highest BCUT2D eigenvalue weighted by Crippen LogP contribution is 2.31. The molecule has 0 bridgehead atoms. The lowest BCUT2D eigenvalue weighted by Gasteiger charge is -2.22. The van der Waals surface area contributed by atoms with Crippen molar-refractivity contribution >= 4 is 28.3 Å². The molecule has 0 aromatic carbocycles. The van der Waals surface area contributed by atoms with E-state index in [1.807, 2.05) is 11.7 Å². The van der Waals surface area contributed by atoms with Gasteiger partial charge in [0.1, 0.15) is 11.5 Å². The van der Waals surface area contributed by atoms with Gasteiger partial charge in [-0.2, -0.15) is 5.10 Å². The van der Waals surface area contributed by atoms with Gasteiger partial charge >= 0.3 is 0 Å². The molecule has 5 rings (SSSR count). The first-order valence-electron chi connectivity index (χ1n) is 10.9. The number of rotatable bonds is 3. The van der Waals surface area contributed by atoms with Crippen molar-refractivity contribution in [1.82, 2.24) is 20.1 Å². The van der Waals surface area contributed by atoms with Gasteiger partial charge in [0.15, 0.2) is 5.65 Å². The second-order valence-corrected chi connectivity index (χ2v) is 8.35. The molecule has 1 unspecified atom stereocenters. The average Bonchev–Trinajstić information content (AvgIpc) is 3.24. The molecule has 0 saturated carbocycles. The van der Waals surface area contributed by atoms with Crippen molar-refractivity contribution in [3.05, 3.63) is 23.9 Å². The molecule has 2 saturated heterocycles. The van der Waals surface area contributed by atoms with Crippen LogP contribution in [0.1, 0.15) is 50.6 Å². The number of allylic oxidation sites excluding steroid dienone is 1. The third-order valence-electron chi connectivity index (χ3n) is 6.38. The number of pyridine rings is 1. The molecule has 28 heavy (non-hydrogen) atoms. The fraction of sp³-hybridized carbons (Fsp3) is 0.591. The Morgan fingerprint density at radius 2 is 1.93 bits per heavy atom. The van der Waals surface area contributed by atoms with Crippen LogP contribution in [-0.4, -0.2) is 46.7 Å². The van der Waals surface area contributed by atoms with Gasteiger partial charge < -0.3 is 10.2 Å². The Morgan fingerprint density at radius 3 is 2.71 bits per heavy atom. The lowest BCUT2D eigenvalue weighted by molar-refractivity contribution is 0.456. The monoisotopic (exact) mass is 378 g/mol. The number of aromatic nitrogens is 3. The van der Waals surface area contributed by atoms with E-state index in [2.05, 4.69) is 28.4 Å². The molecular weight excluding hydrogens is 348 g/mol. The van der Waals surface area contributed by atoms with Crippen LogP contribution in [0.3, 0.4) is 0 Å². The normalized spacial score (nSPS) is 23.6. The zero-order valence-corrected chi connectivity index (χ0v) is 16.8. The number of aliphatic imine (C=N–C) groups is 1. The smallest absolute Gasteiger partial charge is 0.160 e. The lowest BCUT2D eigenvalue weighted by Crippen LogP contribution is -2.33. The predicted molar refractivity (Wildman–Crippen MR) is 115 cm³/mol. The zero-order valence-electron chi connectivity index (χ0n) is 16.8. The lowest BCUT2D eigenvalue weighted by atomic mass is 9.93. The van der Waals surface area contributed by atoms with Crippen LogP contribution in [0.15, 0.2) is 23.2 Å². The van der Waals surface area contributed by atoms with E-state index in [9.17, 15) is 0 Å². The van der Waals surface area contributed by atoms with Gasteiger partial charge in [0, 0.05) is 50.1 Å². The topological polar surface area (TPSA) is 58.3 Å². The molecule has 5 heterocycles. The maximum Gasteiger partial charge on any atom is 0.160 e. The predicted octanol–water partition coefficient (Wildman–Crippen LogP) is 3.53. The van der Waals surface area contributed by atoms with Crippen LogP contribution in [-0.2, 0) is 7.05 Å². The van der Waals surface area contributed by atoms with Crippen molar-refractivity contribution in [2.45, 2.75) is 44.9 Å². The fourth-order valence-corrected chi connectivity index (χ4v) is 4.78. The molecule has 1 atom stereocenters. The summed E-state index contributed by atoms with van der Waals surface area (Å²) in [5.74, 6) is 1.66. The minimum absolute atomic E-state index is 0.574. The first-order valence-corrected chi connectivity index (χ1v) is 10.9. The summed E-state index contributed by atoms with van der Waals surface area (Å²) < 4.78 is 1.92. The van der Waals surface area contributed by atoms with E-state index in [4.69, 9.17) is 15.1 Å². The Bertz CT molecular complexity index is 910. The number of hydrogen-bond acceptors (Lipinski definition) is 5. The van der Waals surface area contributed by atoms with Crippen LogP contribution in [0.25, 0.3) is 16.7 Å².